The second kappa shape index (κ2) is 6.67. The highest BCUT2D eigenvalue weighted by Crippen LogP contribution is 2.28. The van der Waals surface area contributed by atoms with Crippen LogP contribution in [0.15, 0.2) is 18.2 Å². The van der Waals surface area contributed by atoms with Gasteiger partial charge in [-0.15, -0.1) is 0 Å². The molecule has 2 unspecified atom stereocenters. The van der Waals surface area contributed by atoms with Gasteiger partial charge >= 0.3 is 12.0 Å². The number of aliphatic carboxylic acids is 1. The van der Waals surface area contributed by atoms with E-state index in [9.17, 15) is 9.59 Å². The number of urea groups is 1. The largest absolute Gasteiger partial charge is 0.495 e. The molecule has 21 heavy (non-hydrogen) atoms. The lowest BCUT2D eigenvalue weighted by Gasteiger charge is -2.18. The van der Waals surface area contributed by atoms with Gasteiger partial charge in [0.2, 0.25) is 0 Å². The number of carbonyl (C=O) groups excluding carboxylic acids is 1. The van der Waals surface area contributed by atoms with Crippen LogP contribution in [0.2, 0.25) is 5.02 Å². The molecule has 0 spiro atoms. The van der Waals surface area contributed by atoms with Crippen LogP contribution in [0.25, 0.3) is 0 Å². The van der Waals surface area contributed by atoms with Gasteiger partial charge in [0, 0.05) is 11.1 Å². The van der Waals surface area contributed by atoms with Crippen LogP contribution < -0.4 is 15.4 Å². The first-order valence-electron chi connectivity index (χ1n) is 6.65. The van der Waals surface area contributed by atoms with Crippen LogP contribution in [-0.2, 0) is 4.79 Å². The van der Waals surface area contributed by atoms with E-state index in [1.807, 2.05) is 0 Å². The summed E-state index contributed by atoms with van der Waals surface area (Å²) >= 11 is 5.89. The number of amides is 2. The quantitative estimate of drug-likeness (QED) is 0.797. The number of carbonyl (C=O) groups is 2. The summed E-state index contributed by atoms with van der Waals surface area (Å²) in [7, 11) is 1.49. The summed E-state index contributed by atoms with van der Waals surface area (Å²) < 4.78 is 5.14. The topological polar surface area (TPSA) is 87.7 Å². The minimum atomic E-state index is -0.877. The van der Waals surface area contributed by atoms with E-state index in [2.05, 4.69) is 10.6 Å². The van der Waals surface area contributed by atoms with E-state index in [1.165, 1.54) is 7.11 Å². The predicted molar refractivity (Wildman–Crippen MR) is 78.9 cm³/mol. The highest BCUT2D eigenvalue weighted by molar-refractivity contribution is 6.31. The van der Waals surface area contributed by atoms with Crippen molar-refractivity contribution in [2.45, 2.75) is 25.3 Å². The van der Waals surface area contributed by atoms with E-state index in [0.29, 0.717) is 29.3 Å². The van der Waals surface area contributed by atoms with Gasteiger partial charge in [0.25, 0.3) is 0 Å². The third kappa shape index (κ3) is 3.78. The smallest absolute Gasteiger partial charge is 0.319 e. The second-order valence-corrected chi connectivity index (χ2v) is 5.36. The van der Waals surface area contributed by atoms with Gasteiger partial charge in [-0.2, -0.15) is 0 Å². The first-order valence-corrected chi connectivity index (χ1v) is 7.03. The molecule has 1 aliphatic carbocycles. The van der Waals surface area contributed by atoms with Crippen molar-refractivity contribution in [2.75, 3.05) is 12.4 Å². The molecule has 2 rings (SSSR count). The molecule has 2 amide bonds. The average molecular weight is 313 g/mol. The van der Waals surface area contributed by atoms with E-state index in [4.69, 9.17) is 21.4 Å². The van der Waals surface area contributed by atoms with Crippen LogP contribution in [0.1, 0.15) is 19.3 Å². The minimum absolute atomic E-state index is 0.354. The highest BCUT2D eigenvalue weighted by atomic mass is 35.5. The van der Waals surface area contributed by atoms with E-state index in [0.717, 1.165) is 6.42 Å². The fraction of sp³-hybridized carbons (Fsp3) is 0.429. The number of nitrogens with one attached hydrogen (secondary N) is 2. The maximum absolute atomic E-state index is 12.0. The average Bonchev–Trinajstić information content (AvgIpc) is 2.87. The van der Waals surface area contributed by atoms with Crippen molar-refractivity contribution >= 4 is 29.3 Å². The number of ether oxygens (including phenoxy) is 1. The van der Waals surface area contributed by atoms with E-state index >= 15 is 0 Å². The maximum Gasteiger partial charge on any atom is 0.319 e. The number of hydrogen-bond acceptors (Lipinski definition) is 3. The molecule has 1 aliphatic rings. The zero-order valence-corrected chi connectivity index (χ0v) is 12.3. The third-order valence-electron chi connectivity index (χ3n) is 3.56. The van der Waals surface area contributed by atoms with Crippen molar-refractivity contribution < 1.29 is 19.4 Å². The Bertz CT molecular complexity index is 550. The first-order chi connectivity index (χ1) is 10.0. The number of halogens is 1. The highest BCUT2D eigenvalue weighted by Gasteiger charge is 2.33. The Kier molecular flexibility index (Phi) is 4.90. The van der Waals surface area contributed by atoms with E-state index < -0.39 is 17.9 Å². The van der Waals surface area contributed by atoms with Gasteiger partial charge in [-0.1, -0.05) is 18.0 Å². The number of rotatable bonds is 4. The molecular weight excluding hydrogens is 296 g/mol. The van der Waals surface area contributed by atoms with E-state index in [-0.39, 0.29) is 6.04 Å². The molecule has 2 atom stereocenters. The van der Waals surface area contributed by atoms with Gasteiger partial charge in [-0.3, -0.25) is 4.79 Å². The Morgan fingerprint density at radius 3 is 2.81 bits per heavy atom. The molecule has 114 valence electrons. The Balaban J connectivity index is 2.02. The monoisotopic (exact) mass is 312 g/mol. The number of hydrogen-bond donors (Lipinski definition) is 3. The van der Waals surface area contributed by atoms with Gasteiger partial charge in [-0.25, -0.2) is 4.79 Å². The van der Waals surface area contributed by atoms with Gasteiger partial charge in [0.05, 0.1) is 18.7 Å². The van der Waals surface area contributed by atoms with Crippen LogP contribution in [-0.4, -0.2) is 30.3 Å². The van der Waals surface area contributed by atoms with Crippen LogP contribution in [0.4, 0.5) is 10.5 Å². The Hall–Kier alpha value is -1.95. The number of carboxylic acid groups (broad SMARTS) is 1. The van der Waals surface area contributed by atoms with Crippen molar-refractivity contribution in [3.8, 4) is 5.75 Å². The SMILES string of the molecule is COc1ccc(Cl)cc1NC(=O)NC1CCCC1C(=O)O. The summed E-state index contributed by atoms with van der Waals surface area (Å²) in [6, 6.07) is 4.05. The lowest BCUT2D eigenvalue weighted by atomic mass is 10.0. The lowest BCUT2D eigenvalue weighted by Crippen LogP contribution is -2.42. The number of anilines is 1. The van der Waals surface area contributed by atoms with Crippen LogP contribution in [0.5, 0.6) is 5.75 Å². The zero-order chi connectivity index (χ0) is 15.4. The van der Waals surface area contributed by atoms with Gasteiger partial charge in [0.15, 0.2) is 0 Å². The summed E-state index contributed by atoms with van der Waals surface area (Å²) in [5, 5.41) is 14.9. The van der Waals surface area contributed by atoms with Crippen molar-refractivity contribution in [3.63, 3.8) is 0 Å². The Morgan fingerprint density at radius 2 is 2.14 bits per heavy atom. The molecule has 1 aromatic rings. The standard InChI is InChI=1S/C14H17ClN2O4/c1-21-12-6-5-8(15)7-11(12)17-14(20)16-10-4-2-3-9(10)13(18)19/h5-7,9-10H,2-4H2,1H3,(H,18,19)(H2,16,17,20). The van der Waals surface area contributed by atoms with Crippen molar-refractivity contribution in [2.24, 2.45) is 5.92 Å². The molecule has 0 aromatic heterocycles. The molecule has 0 heterocycles. The summed E-state index contributed by atoms with van der Waals surface area (Å²) in [6.07, 6.45) is 2.04. The fourth-order valence-electron chi connectivity index (χ4n) is 2.53. The van der Waals surface area contributed by atoms with Crippen LogP contribution >= 0.6 is 11.6 Å². The molecular formula is C14H17ClN2O4. The summed E-state index contributed by atoms with van der Waals surface area (Å²) in [5.74, 6) is -0.925. The minimum Gasteiger partial charge on any atom is -0.495 e. The van der Waals surface area contributed by atoms with Crippen molar-refractivity contribution in [1.82, 2.24) is 5.32 Å². The molecule has 0 bridgehead atoms. The molecule has 1 saturated carbocycles. The number of methoxy groups -OCH3 is 1. The van der Waals surface area contributed by atoms with E-state index in [1.54, 1.807) is 18.2 Å². The molecule has 3 N–H and O–H groups in total. The number of benzene rings is 1. The lowest BCUT2D eigenvalue weighted by molar-refractivity contribution is -0.142. The second-order valence-electron chi connectivity index (χ2n) is 4.93. The third-order valence-corrected chi connectivity index (χ3v) is 3.79. The summed E-state index contributed by atoms with van der Waals surface area (Å²) in [5.41, 5.74) is 0.437. The number of carboxylic acids is 1. The molecule has 0 saturated heterocycles. The summed E-state index contributed by atoms with van der Waals surface area (Å²) in [6.45, 7) is 0. The van der Waals surface area contributed by atoms with Crippen LogP contribution in [0, 0.1) is 5.92 Å². The van der Waals surface area contributed by atoms with Crippen molar-refractivity contribution in [1.29, 1.82) is 0 Å². The van der Waals surface area contributed by atoms with Crippen LogP contribution in [0.3, 0.4) is 0 Å². The predicted octanol–water partition coefficient (Wildman–Crippen LogP) is 2.72. The van der Waals surface area contributed by atoms with Gasteiger partial charge in [0.1, 0.15) is 5.75 Å². The first kappa shape index (κ1) is 15.4. The summed E-state index contributed by atoms with van der Waals surface area (Å²) in [4.78, 5) is 23.1. The molecule has 0 aliphatic heterocycles. The Morgan fingerprint density at radius 1 is 1.38 bits per heavy atom. The van der Waals surface area contributed by atoms with Gasteiger partial charge < -0.3 is 20.5 Å². The molecule has 0 radical (unpaired) electrons. The zero-order valence-electron chi connectivity index (χ0n) is 11.6. The maximum atomic E-state index is 12.0. The molecule has 7 heteroatoms. The Labute approximate surface area is 127 Å². The molecule has 1 aromatic carbocycles. The fourth-order valence-corrected chi connectivity index (χ4v) is 2.71. The van der Waals surface area contributed by atoms with Crippen molar-refractivity contribution in [3.05, 3.63) is 23.2 Å². The van der Waals surface area contributed by atoms with Gasteiger partial charge in [-0.05, 0) is 31.0 Å². The molecule has 6 nitrogen and oxygen atoms in total. The normalized spacial score (nSPS) is 20.9. The molecule has 1 fully saturated rings.